The van der Waals surface area contributed by atoms with Crippen LogP contribution in [-0.4, -0.2) is 63.4 Å². The number of hydrogen-bond donors (Lipinski definition) is 3. The lowest BCUT2D eigenvalue weighted by atomic mass is 9.80. The second kappa shape index (κ2) is 9.09. The standard InChI is InChI=1S/C24H30FN7O2/c1-13(2)15-9-29-20(22(34)26-5)16-10-28-19(8-14(15)16)30-18-6-7-27-23(31-18)32-11-17(25)21(33)24(3,4)12-32/h6-10,13,17,21,33H,11-12H2,1-5H3,(H,26,34)(H,27,28,30,31). The number of carbonyl (C=O) groups is 1. The molecule has 10 heteroatoms. The summed E-state index contributed by atoms with van der Waals surface area (Å²) >= 11 is 0. The summed E-state index contributed by atoms with van der Waals surface area (Å²) in [5.41, 5.74) is 0.689. The van der Waals surface area contributed by atoms with Gasteiger partial charge in [-0.1, -0.05) is 27.7 Å². The molecule has 1 aliphatic heterocycles. The van der Waals surface area contributed by atoms with E-state index in [0.717, 1.165) is 10.9 Å². The van der Waals surface area contributed by atoms with Gasteiger partial charge in [-0.05, 0) is 29.0 Å². The van der Waals surface area contributed by atoms with Gasteiger partial charge < -0.3 is 20.6 Å². The highest BCUT2D eigenvalue weighted by Gasteiger charge is 2.42. The molecule has 4 heterocycles. The fourth-order valence-corrected chi connectivity index (χ4v) is 4.29. The zero-order valence-corrected chi connectivity index (χ0v) is 20.0. The molecule has 4 rings (SSSR count). The maximum Gasteiger partial charge on any atom is 0.270 e. The molecule has 180 valence electrons. The van der Waals surface area contributed by atoms with Gasteiger partial charge in [-0.15, -0.1) is 0 Å². The van der Waals surface area contributed by atoms with E-state index in [2.05, 4.69) is 44.4 Å². The SMILES string of the molecule is CNC(=O)c1ncc(C(C)C)c2cc(Nc3ccnc(N4CC(F)C(O)C(C)(C)C4)n3)ncc12. The normalized spacial score (nSPS) is 19.9. The van der Waals surface area contributed by atoms with Gasteiger partial charge in [-0.3, -0.25) is 9.78 Å². The lowest BCUT2D eigenvalue weighted by Gasteiger charge is -2.43. The van der Waals surface area contributed by atoms with Crippen LogP contribution < -0.4 is 15.5 Å². The molecule has 1 saturated heterocycles. The van der Waals surface area contributed by atoms with Crippen LogP contribution in [0, 0.1) is 5.41 Å². The molecule has 9 nitrogen and oxygen atoms in total. The minimum atomic E-state index is -1.39. The number of piperidine rings is 1. The van der Waals surface area contributed by atoms with E-state index in [1.54, 1.807) is 36.6 Å². The topological polar surface area (TPSA) is 116 Å². The van der Waals surface area contributed by atoms with Crippen molar-refractivity contribution in [2.45, 2.75) is 45.9 Å². The van der Waals surface area contributed by atoms with Crippen LogP contribution in [0.3, 0.4) is 0 Å². The molecule has 3 aromatic rings. The van der Waals surface area contributed by atoms with Crippen molar-refractivity contribution in [3.63, 3.8) is 0 Å². The molecule has 0 aliphatic carbocycles. The molecule has 1 amide bonds. The number of alkyl halides is 1. The molecule has 3 aromatic heterocycles. The Balaban J connectivity index is 1.66. The van der Waals surface area contributed by atoms with Gasteiger partial charge in [-0.2, -0.15) is 4.98 Å². The highest BCUT2D eigenvalue weighted by atomic mass is 19.1. The zero-order chi connectivity index (χ0) is 24.6. The molecule has 2 unspecified atom stereocenters. The summed E-state index contributed by atoms with van der Waals surface area (Å²) in [7, 11) is 1.57. The first-order valence-electron chi connectivity index (χ1n) is 11.3. The molecule has 1 aliphatic rings. The van der Waals surface area contributed by atoms with Gasteiger partial charge in [-0.25, -0.2) is 14.4 Å². The first kappa shape index (κ1) is 23.7. The van der Waals surface area contributed by atoms with E-state index in [1.165, 1.54) is 0 Å². The third kappa shape index (κ3) is 4.50. The van der Waals surface area contributed by atoms with Gasteiger partial charge in [0.1, 0.15) is 23.5 Å². The summed E-state index contributed by atoms with van der Waals surface area (Å²) in [6, 6.07) is 3.58. The maximum atomic E-state index is 14.4. The lowest BCUT2D eigenvalue weighted by Crippen LogP contribution is -2.55. The minimum absolute atomic E-state index is 0.0231. The van der Waals surface area contributed by atoms with E-state index >= 15 is 0 Å². The van der Waals surface area contributed by atoms with Crippen molar-refractivity contribution in [3.05, 3.63) is 42.0 Å². The smallest absolute Gasteiger partial charge is 0.270 e. The van der Waals surface area contributed by atoms with Crippen molar-refractivity contribution >= 4 is 34.3 Å². The summed E-state index contributed by atoms with van der Waals surface area (Å²) in [5.74, 6) is 1.35. The second-order valence-electron chi connectivity index (χ2n) is 9.61. The van der Waals surface area contributed by atoms with Crippen LogP contribution in [0.15, 0.2) is 30.7 Å². The number of anilines is 3. The Morgan fingerprint density at radius 1 is 1.21 bits per heavy atom. The van der Waals surface area contributed by atoms with Gasteiger partial charge in [0.25, 0.3) is 5.91 Å². The first-order chi connectivity index (χ1) is 16.1. The fourth-order valence-electron chi connectivity index (χ4n) is 4.29. The third-order valence-corrected chi connectivity index (χ3v) is 6.19. The number of carbonyl (C=O) groups excluding carboxylic acids is 1. The Bertz CT molecular complexity index is 1220. The number of hydrogen-bond acceptors (Lipinski definition) is 8. The van der Waals surface area contributed by atoms with Crippen LogP contribution in [0.4, 0.5) is 22.0 Å². The van der Waals surface area contributed by atoms with E-state index in [0.29, 0.717) is 35.2 Å². The largest absolute Gasteiger partial charge is 0.389 e. The van der Waals surface area contributed by atoms with Gasteiger partial charge in [0, 0.05) is 43.0 Å². The molecular weight excluding hydrogens is 437 g/mol. The Hall–Kier alpha value is -3.40. The number of nitrogens with zero attached hydrogens (tertiary/aromatic N) is 5. The molecule has 2 atom stereocenters. The monoisotopic (exact) mass is 467 g/mol. The fraction of sp³-hybridized carbons (Fsp3) is 0.458. The van der Waals surface area contributed by atoms with Crippen molar-refractivity contribution in [1.82, 2.24) is 25.3 Å². The Labute approximate surface area is 197 Å². The summed E-state index contributed by atoms with van der Waals surface area (Å²) < 4.78 is 14.4. The summed E-state index contributed by atoms with van der Waals surface area (Å²) in [5, 5.41) is 17.5. The highest BCUT2D eigenvalue weighted by Crippen LogP contribution is 2.33. The lowest BCUT2D eigenvalue weighted by molar-refractivity contribution is -0.0257. The van der Waals surface area contributed by atoms with Crippen LogP contribution in [0.25, 0.3) is 10.8 Å². The molecule has 0 radical (unpaired) electrons. The van der Waals surface area contributed by atoms with Crippen molar-refractivity contribution in [2.24, 2.45) is 5.41 Å². The van der Waals surface area contributed by atoms with Gasteiger partial charge >= 0.3 is 0 Å². The number of nitrogens with one attached hydrogen (secondary N) is 2. The van der Waals surface area contributed by atoms with Crippen LogP contribution in [0.1, 0.15) is 49.7 Å². The highest BCUT2D eigenvalue weighted by molar-refractivity contribution is 6.06. The van der Waals surface area contributed by atoms with Crippen molar-refractivity contribution in [2.75, 3.05) is 30.4 Å². The minimum Gasteiger partial charge on any atom is -0.389 e. The van der Waals surface area contributed by atoms with Gasteiger partial charge in [0.05, 0.1) is 12.6 Å². The number of aromatic nitrogens is 4. The molecule has 3 N–H and O–H groups in total. The molecule has 1 fully saturated rings. The van der Waals surface area contributed by atoms with E-state index < -0.39 is 17.7 Å². The van der Waals surface area contributed by atoms with Gasteiger partial charge in [0.15, 0.2) is 0 Å². The van der Waals surface area contributed by atoms with Crippen LogP contribution in [0.5, 0.6) is 0 Å². The molecule has 0 aromatic carbocycles. The Morgan fingerprint density at radius 2 is 1.97 bits per heavy atom. The predicted octanol–water partition coefficient (Wildman–Crippen LogP) is 3.19. The first-order valence-corrected chi connectivity index (χ1v) is 11.3. The van der Waals surface area contributed by atoms with E-state index in [-0.39, 0.29) is 18.4 Å². The van der Waals surface area contributed by atoms with E-state index in [4.69, 9.17) is 0 Å². The summed E-state index contributed by atoms with van der Waals surface area (Å²) in [4.78, 5) is 31.7. The molecule has 0 saturated carbocycles. The number of rotatable bonds is 5. The second-order valence-corrected chi connectivity index (χ2v) is 9.61. The third-order valence-electron chi connectivity index (χ3n) is 6.19. The van der Waals surface area contributed by atoms with Crippen molar-refractivity contribution in [1.29, 1.82) is 0 Å². The number of amides is 1. The van der Waals surface area contributed by atoms with Crippen molar-refractivity contribution in [3.8, 4) is 0 Å². The van der Waals surface area contributed by atoms with Crippen LogP contribution in [-0.2, 0) is 0 Å². The molecule has 0 bridgehead atoms. The number of halogens is 1. The van der Waals surface area contributed by atoms with E-state index in [9.17, 15) is 14.3 Å². The molecular formula is C24H30FN7O2. The van der Waals surface area contributed by atoms with Crippen LogP contribution in [0.2, 0.25) is 0 Å². The summed E-state index contributed by atoms with van der Waals surface area (Å²) in [6.45, 7) is 8.23. The quantitative estimate of drug-likeness (QED) is 0.524. The summed E-state index contributed by atoms with van der Waals surface area (Å²) in [6.07, 6.45) is 2.54. The average Bonchev–Trinajstić information content (AvgIpc) is 2.80. The number of fused-ring (bicyclic) bond motifs is 1. The number of aliphatic hydroxyl groups excluding tert-OH is 1. The zero-order valence-electron chi connectivity index (χ0n) is 20.0. The van der Waals surface area contributed by atoms with Gasteiger partial charge in [0.2, 0.25) is 5.95 Å². The Morgan fingerprint density at radius 3 is 2.65 bits per heavy atom. The Kier molecular flexibility index (Phi) is 6.35. The molecule has 34 heavy (non-hydrogen) atoms. The number of aliphatic hydroxyl groups is 1. The van der Waals surface area contributed by atoms with Crippen LogP contribution >= 0.6 is 0 Å². The predicted molar refractivity (Wildman–Crippen MR) is 129 cm³/mol. The molecule has 0 spiro atoms. The number of pyridine rings is 2. The average molecular weight is 468 g/mol. The maximum absolute atomic E-state index is 14.4. The van der Waals surface area contributed by atoms with Crippen molar-refractivity contribution < 1.29 is 14.3 Å². The van der Waals surface area contributed by atoms with E-state index in [1.807, 2.05) is 19.9 Å².